The average Bonchev–Trinajstić information content (AvgIpc) is 2.74. The topological polar surface area (TPSA) is 58.6 Å². The molecule has 0 aliphatic heterocycles. The lowest BCUT2D eigenvalue weighted by molar-refractivity contribution is 0.443. The van der Waals surface area contributed by atoms with E-state index in [0.717, 1.165) is 22.3 Å². The lowest BCUT2D eigenvalue weighted by atomic mass is 9.79. The Balaban J connectivity index is 2.10. The summed E-state index contributed by atoms with van der Waals surface area (Å²) in [4.78, 5) is 4.94. The first-order valence-electron chi connectivity index (χ1n) is 11.2. The summed E-state index contributed by atoms with van der Waals surface area (Å²) in [5, 5.41) is 11.1. The molecule has 3 aromatic carbocycles. The van der Waals surface area contributed by atoms with Crippen LogP contribution >= 0.6 is 0 Å². The van der Waals surface area contributed by atoms with Crippen LogP contribution in [-0.2, 0) is 10.8 Å². The van der Waals surface area contributed by atoms with Crippen molar-refractivity contribution in [1.82, 2.24) is 0 Å². The maximum atomic E-state index is 11.1. The summed E-state index contributed by atoms with van der Waals surface area (Å²) >= 11 is 0. The van der Waals surface area contributed by atoms with Crippen LogP contribution in [0.1, 0.15) is 81.4 Å². The van der Waals surface area contributed by atoms with Crippen molar-refractivity contribution in [3.63, 3.8) is 0 Å². The second-order valence-corrected chi connectivity index (χ2v) is 10.5. The minimum Gasteiger partial charge on any atom is -0.507 e. The van der Waals surface area contributed by atoms with Crippen LogP contribution in [0, 0.1) is 0 Å². The molecule has 0 fully saturated rings. The van der Waals surface area contributed by atoms with E-state index in [2.05, 4.69) is 59.7 Å². The number of aliphatic imine (C=N–C) groups is 1. The van der Waals surface area contributed by atoms with Gasteiger partial charge in [-0.2, -0.15) is 0 Å². The van der Waals surface area contributed by atoms with Gasteiger partial charge in [-0.1, -0.05) is 108 Å². The van der Waals surface area contributed by atoms with Gasteiger partial charge in [-0.3, -0.25) is 4.99 Å². The molecule has 168 valence electrons. The van der Waals surface area contributed by atoms with E-state index in [4.69, 9.17) is 10.7 Å². The molecule has 3 aromatic rings. The zero-order valence-electron chi connectivity index (χ0n) is 20.1. The van der Waals surface area contributed by atoms with E-state index in [1.54, 1.807) is 6.21 Å². The molecule has 0 aliphatic rings. The molecular formula is C29H36N2O. The number of nitrogens with zero attached hydrogens (tertiary/aromatic N) is 1. The molecule has 0 saturated heterocycles. The van der Waals surface area contributed by atoms with E-state index in [0.29, 0.717) is 0 Å². The first-order valence-corrected chi connectivity index (χ1v) is 11.2. The Bertz CT molecular complexity index is 1060. The molecule has 3 heteroatoms. The lowest BCUT2D eigenvalue weighted by Gasteiger charge is -2.27. The normalized spacial score (nSPS) is 14.5. The third-order valence-corrected chi connectivity index (χ3v) is 5.85. The van der Waals surface area contributed by atoms with E-state index >= 15 is 0 Å². The fraction of sp³-hybridized carbons (Fsp3) is 0.345. The molecule has 0 heterocycles. The Labute approximate surface area is 193 Å². The van der Waals surface area contributed by atoms with Crippen molar-refractivity contribution >= 4 is 6.21 Å². The van der Waals surface area contributed by atoms with Crippen molar-refractivity contribution in [3.8, 4) is 5.75 Å². The molecule has 2 atom stereocenters. The highest BCUT2D eigenvalue weighted by Gasteiger charge is 2.25. The quantitative estimate of drug-likeness (QED) is 0.437. The predicted molar refractivity (Wildman–Crippen MR) is 136 cm³/mol. The van der Waals surface area contributed by atoms with Crippen molar-refractivity contribution in [1.29, 1.82) is 0 Å². The Kier molecular flexibility index (Phi) is 6.90. The number of phenols is 1. The molecule has 0 aromatic heterocycles. The molecule has 3 rings (SSSR count). The smallest absolute Gasteiger partial charge is 0.128 e. The van der Waals surface area contributed by atoms with Gasteiger partial charge >= 0.3 is 0 Å². The second-order valence-electron chi connectivity index (χ2n) is 10.5. The number of hydrogen-bond acceptors (Lipinski definition) is 3. The fourth-order valence-corrected chi connectivity index (χ4v) is 3.81. The van der Waals surface area contributed by atoms with Crippen LogP contribution in [0.15, 0.2) is 77.8 Å². The van der Waals surface area contributed by atoms with Gasteiger partial charge in [0, 0.05) is 17.3 Å². The molecule has 0 radical (unpaired) electrons. The van der Waals surface area contributed by atoms with Crippen molar-refractivity contribution in [2.75, 3.05) is 0 Å². The van der Waals surface area contributed by atoms with Crippen molar-refractivity contribution in [2.45, 2.75) is 64.5 Å². The molecule has 0 unspecified atom stereocenters. The molecule has 0 spiro atoms. The highest BCUT2D eigenvalue weighted by molar-refractivity contribution is 5.85. The lowest BCUT2D eigenvalue weighted by Crippen LogP contribution is -2.19. The Morgan fingerprint density at radius 1 is 0.781 bits per heavy atom. The highest BCUT2D eigenvalue weighted by Crippen LogP contribution is 2.38. The van der Waals surface area contributed by atoms with Gasteiger partial charge in [-0.25, -0.2) is 0 Å². The van der Waals surface area contributed by atoms with Crippen molar-refractivity contribution in [2.24, 2.45) is 10.7 Å². The van der Waals surface area contributed by atoms with Gasteiger partial charge in [0.25, 0.3) is 0 Å². The Hall–Kier alpha value is -2.91. The van der Waals surface area contributed by atoms with Crippen LogP contribution in [0.3, 0.4) is 0 Å². The first kappa shape index (κ1) is 23.7. The number of hydrogen-bond donors (Lipinski definition) is 2. The zero-order valence-corrected chi connectivity index (χ0v) is 20.1. The van der Waals surface area contributed by atoms with Gasteiger partial charge in [0.2, 0.25) is 0 Å². The Morgan fingerprint density at radius 3 is 1.81 bits per heavy atom. The molecule has 0 amide bonds. The standard InChI is InChI=1S/C29H36N2O/c1-28(2,3)23-17-22(27(32)24(18-23)29(4,5)6)19-31-26(21-15-11-8-12-16-21)25(30)20-13-9-7-10-14-20/h7-19,25-26,32H,30H2,1-6H3/t25-,26+/m1/s1. The minimum atomic E-state index is -0.301. The second kappa shape index (κ2) is 9.30. The average molecular weight is 429 g/mol. The van der Waals surface area contributed by atoms with Crippen molar-refractivity contribution < 1.29 is 5.11 Å². The molecule has 3 N–H and O–H groups in total. The number of nitrogens with two attached hydrogens (primary N) is 1. The van der Waals surface area contributed by atoms with Gasteiger partial charge in [0.1, 0.15) is 5.75 Å². The minimum absolute atomic E-state index is 0.0461. The number of phenolic OH excluding ortho intramolecular Hbond substituents is 1. The van der Waals surface area contributed by atoms with Crippen molar-refractivity contribution in [3.05, 3.63) is 101 Å². The Morgan fingerprint density at radius 2 is 1.31 bits per heavy atom. The SMILES string of the molecule is CC(C)(C)c1cc(C=N[C@@H](c2ccccc2)[C@H](N)c2ccccc2)c(O)c(C(C)(C)C)c1. The molecule has 32 heavy (non-hydrogen) atoms. The predicted octanol–water partition coefficient (Wildman–Crippen LogP) is 6.85. The van der Waals surface area contributed by atoms with Gasteiger partial charge in [-0.05, 0) is 33.6 Å². The summed E-state index contributed by atoms with van der Waals surface area (Å²) in [5.74, 6) is 0.286. The van der Waals surface area contributed by atoms with E-state index in [1.807, 2.05) is 54.6 Å². The van der Waals surface area contributed by atoms with Crippen LogP contribution in [0.2, 0.25) is 0 Å². The van der Waals surface area contributed by atoms with Gasteiger partial charge in [-0.15, -0.1) is 0 Å². The van der Waals surface area contributed by atoms with Crippen LogP contribution in [0.5, 0.6) is 5.75 Å². The maximum absolute atomic E-state index is 11.1. The summed E-state index contributed by atoms with van der Waals surface area (Å²) in [6, 6.07) is 23.7. The van der Waals surface area contributed by atoms with Gasteiger partial charge < -0.3 is 10.8 Å². The van der Waals surface area contributed by atoms with Crippen LogP contribution in [0.4, 0.5) is 0 Å². The summed E-state index contributed by atoms with van der Waals surface area (Å²) in [5.41, 5.74) is 11.4. The third-order valence-electron chi connectivity index (χ3n) is 5.85. The van der Waals surface area contributed by atoms with Gasteiger partial charge in [0.05, 0.1) is 12.1 Å². The fourth-order valence-electron chi connectivity index (χ4n) is 3.81. The zero-order chi connectivity index (χ0) is 23.5. The first-order chi connectivity index (χ1) is 15.0. The summed E-state index contributed by atoms with van der Waals surface area (Å²) in [6.07, 6.45) is 1.79. The summed E-state index contributed by atoms with van der Waals surface area (Å²) < 4.78 is 0. The highest BCUT2D eigenvalue weighted by atomic mass is 16.3. The largest absolute Gasteiger partial charge is 0.507 e. The molecule has 3 nitrogen and oxygen atoms in total. The monoisotopic (exact) mass is 428 g/mol. The van der Waals surface area contributed by atoms with E-state index in [1.165, 1.54) is 5.56 Å². The molecule has 0 saturated carbocycles. The molecule has 0 bridgehead atoms. The molecular weight excluding hydrogens is 392 g/mol. The number of rotatable bonds is 5. The number of benzene rings is 3. The van der Waals surface area contributed by atoms with E-state index < -0.39 is 0 Å². The van der Waals surface area contributed by atoms with Gasteiger partial charge in [0.15, 0.2) is 0 Å². The van der Waals surface area contributed by atoms with E-state index in [9.17, 15) is 5.11 Å². The van der Waals surface area contributed by atoms with Crippen LogP contribution in [0.25, 0.3) is 0 Å². The number of aromatic hydroxyl groups is 1. The maximum Gasteiger partial charge on any atom is 0.128 e. The summed E-state index contributed by atoms with van der Waals surface area (Å²) in [7, 11) is 0. The molecule has 0 aliphatic carbocycles. The third kappa shape index (κ3) is 5.46. The van der Waals surface area contributed by atoms with Crippen LogP contribution < -0.4 is 5.73 Å². The van der Waals surface area contributed by atoms with E-state index in [-0.39, 0.29) is 28.7 Å². The van der Waals surface area contributed by atoms with Crippen LogP contribution in [-0.4, -0.2) is 11.3 Å². The summed E-state index contributed by atoms with van der Waals surface area (Å²) in [6.45, 7) is 12.9.